The summed E-state index contributed by atoms with van der Waals surface area (Å²) in [5.74, 6) is 0.268. The third-order valence-corrected chi connectivity index (χ3v) is 2.39. The van der Waals surface area contributed by atoms with Crippen LogP contribution in [0.4, 0.5) is 4.79 Å². The molecule has 4 nitrogen and oxygen atoms in total. The van der Waals surface area contributed by atoms with Crippen LogP contribution in [0.3, 0.4) is 0 Å². The quantitative estimate of drug-likeness (QED) is 0.644. The molecule has 1 N–H and O–H groups in total. The Hall–Kier alpha value is -2.80. The average Bonchev–Trinajstić information content (AvgIpc) is 2.38. The maximum Gasteiger partial charge on any atom is 0.511 e. The lowest BCUT2D eigenvalue weighted by Gasteiger charge is -2.04. The highest BCUT2D eigenvalue weighted by atomic mass is 16.7. The molecule has 0 bridgehead atoms. The van der Waals surface area contributed by atoms with Gasteiger partial charge in [-0.1, -0.05) is 24.3 Å². The molecule has 0 unspecified atom stereocenters. The number of hydrogen-bond acceptors (Lipinski definition) is 3. The molecular weight excluding hydrogens is 230 g/mol. The number of carbonyl (C=O) groups is 1. The van der Waals surface area contributed by atoms with E-state index in [0.717, 1.165) is 11.1 Å². The Bertz CT molecular complexity index is 612. The Morgan fingerprint density at radius 3 is 2.44 bits per heavy atom. The molecule has 0 aliphatic heterocycles. The zero-order valence-electron chi connectivity index (χ0n) is 9.33. The molecule has 4 heteroatoms. The number of carboxylic acid groups (broad SMARTS) is 1. The van der Waals surface area contributed by atoms with E-state index < -0.39 is 6.16 Å². The van der Waals surface area contributed by atoms with E-state index in [0.29, 0.717) is 5.56 Å². The maximum absolute atomic E-state index is 10.4. The average molecular weight is 239 g/mol. The molecule has 2 rings (SSSR count). The van der Waals surface area contributed by atoms with Gasteiger partial charge in [0, 0.05) is 0 Å². The number of nitriles is 1. The Labute approximate surface area is 104 Å². The zero-order valence-corrected chi connectivity index (χ0v) is 9.33. The summed E-state index contributed by atoms with van der Waals surface area (Å²) >= 11 is 0. The van der Waals surface area contributed by atoms with Crippen molar-refractivity contribution in [1.82, 2.24) is 0 Å². The minimum atomic E-state index is -1.34. The van der Waals surface area contributed by atoms with Crippen molar-refractivity contribution in [2.75, 3.05) is 0 Å². The number of nitrogens with zero attached hydrogens (tertiary/aromatic N) is 1. The molecule has 0 radical (unpaired) electrons. The van der Waals surface area contributed by atoms with Gasteiger partial charge in [0.15, 0.2) is 0 Å². The largest absolute Gasteiger partial charge is 0.511 e. The van der Waals surface area contributed by atoms with E-state index in [2.05, 4.69) is 4.74 Å². The van der Waals surface area contributed by atoms with Gasteiger partial charge in [0.25, 0.3) is 0 Å². The zero-order chi connectivity index (χ0) is 13.0. The lowest BCUT2D eigenvalue weighted by molar-refractivity contribution is 0.144. The molecule has 2 aromatic carbocycles. The first-order chi connectivity index (χ1) is 8.69. The van der Waals surface area contributed by atoms with Crippen LogP contribution in [0, 0.1) is 11.3 Å². The highest BCUT2D eigenvalue weighted by molar-refractivity contribution is 5.68. The summed E-state index contributed by atoms with van der Waals surface area (Å²) in [6, 6.07) is 15.8. The second-order valence-electron chi connectivity index (χ2n) is 3.58. The van der Waals surface area contributed by atoms with Gasteiger partial charge in [0.05, 0.1) is 11.6 Å². The first-order valence-electron chi connectivity index (χ1n) is 5.20. The van der Waals surface area contributed by atoms with E-state index >= 15 is 0 Å². The predicted octanol–water partition coefficient (Wildman–Crippen LogP) is 3.28. The molecule has 0 amide bonds. The first kappa shape index (κ1) is 11.7. The van der Waals surface area contributed by atoms with Crippen LogP contribution in [-0.2, 0) is 0 Å². The lowest BCUT2D eigenvalue weighted by atomic mass is 10.0. The second kappa shape index (κ2) is 5.02. The van der Waals surface area contributed by atoms with E-state index in [1.807, 2.05) is 12.1 Å². The van der Waals surface area contributed by atoms with Crippen molar-refractivity contribution in [3.05, 3.63) is 54.1 Å². The summed E-state index contributed by atoms with van der Waals surface area (Å²) in [5.41, 5.74) is 2.31. The summed E-state index contributed by atoms with van der Waals surface area (Å²) in [5, 5.41) is 17.2. The van der Waals surface area contributed by atoms with Crippen molar-refractivity contribution in [2.24, 2.45) is 0 Å². The highest BCUT2D eigenvalue weighted by Gasteiger charge is 2.03. The van der Waals surface area contributed by atoms with E-state index in [9.17, 15) is 4.79 Å². The Morgan fingerprint density at radius 2 is 1.83 bits per heavy atom. The molecule has 0 aliphatic rings. The number of ether oxygens (including phenoxy) is 1. The van der Waals surface area contributed by atoms with Crippen LogP contribution < -0.4 is 4.74 Å². The minimum Gasteiger partial charge on any atom is -0.449 e. The number of rotatable bonds is 2. The van der Waals surface area contributed by atoms with Crippen LogP contribution in [0.1, 0.15) is 5.56 Å². The van der Waals surface area contributed by atoms with Crippen LogP contribution in [0.5, 0.6) is 5.75 Å². The third-order valence-electron chi connectivity index (χ3n) is 2.39. The second-order valence-corrected chi connectivity index (χ2v) is 3.58. The van der Waals surface area contributed by atoms with Gasteiger partial charge in [-0.2, -0.15) is 5.26 Å². The third kappa shape index (κ3) is 2.66. The van der Waals surface area contributed by atoms with Crippen LogP contribution in [0.15, 0.2) is 48.5 Å². The summed E-state index contributed by atoms with van der Waals surface area (Å²) in [6.07, 6.45) is -1.34. The standard InChI is InChI=1S/C14H9NO3/c15-9-10-4-6-11(7-5-10)12-2-1-3-13(8-12)18-14(16)17/h1-8H,(H,16,17). The minimum absolute atomic E-state index is 0.268. The molecule has 0 saturated carbocycles. The lowest BCUT2D eigenvalue weighted by Crippen LogP contribution is -2.02. The SMILES string of the molecule is N#Cc1ccc(-c2cccc(OC(=O)O)c2)cc1. The van der Waals surface area contributed by atoms with Crippen molar-refractivity contribution in [1.29, 1.82) is 5.26 Å². The first-order valence-corrected chi connectivity index (χ1v) is 5.20. The molecule has 88 valence electrons. The molecule has 0 fully saturated rings. The normalized spacial score (nSPS) is 9.50. The Balaban J connectivity index is 2.32. The van der Waals surface area contributed by atoms with Crippen LogP contribution in [0.25, 0.3) is 11.1 Å². The fourth-order valence-electron chi connectivity index (χ4n) is 1.58. The molecule has 0 aromatic heterocycles. The van der Waals surface area contributed by atoms with Crippen molar-refractivity contribution in [2.45, 2.75) is 0 Å². The smallest absolute Gasteiger partial charge is 0.449 e. The maximum atomic E-state index is 10.4. The number of hydrogen-bond donors (Lipinski definition) is 1. The molecule has 0 heterocycles. The van der Waals surface area contributed by atoms with E-state index in [4.69, 9.17) is 10.4 Å². The molecule has 0 saturated heterocycles. The van der Waals surface area contributed by atoms with Gasteiger partial charge in [-0.05, 0) is 35.4 Å². The fraction of sp³-hybridized carbons (Fsp3) is 0. The van der Waals surface area contributed by atoms with Crippen molar-refractivity contribution in [3.63, 3.8) is 0 Å². The van der Waals surface area contributed by atoms with Crippen molar-refractivity contribution in [3.8, 4) is 22.9 Å². The van der Waals surface area contributed by atoms with Gasteiger partial charge < -0.3 is 9.84 Å². The summed E-state index contributed by atoms with van der Waals surface area (Å²) < 4.78 is 4.59. The van der Waals surface area contributed by atoms with Crippen molar-refractivity contribution < 1.29 is 14.6 Å². The Kier molecular flexibility index (Phi) is 3.26. The summed E-state index contributed by atoms with van der Waals surface area (Å²) in [7, 11) is 0. The van der Waals surface area contributed by atoms with Crippen molar-refractivity contribution >= 4 is 6.16 Å². The molecule has 0 aliphatic carbocycles. The van der Waals surface area contributed by atoms with Crippen LogP contribution in [0.2, 0.25) is 0 Å². The van der Waals surface area contributed by atoms with Gasteiger partial charge in [0.1, 0.15) is 5.75 Å². The monoisotopic (exact) mass is 239 g/mol. The predicted molar refractivity (Wildman–Crippen MR) is 65.2 cm³/mol. The molecule has 18 heavy (non-hydrogen) atoms. The van der Waals surface area contributed by atoms with Crippen LogP contribution >= 0.6 is 0 Å². The summed E-state index contributed by atoms with van der Waals surface area (Å²) in [4.78, 5) is 10.4. The topological polar surface area (TPSA) is 70.3 Å². The van der Waals surface area contributed by atoms with Gasteiger partial charge in [-0.25, -0.2) is 4.79 Å². The summed E-state index contributed by atoms with van der Waals surface area (Å²) in [6.45, 7) is 0. The number of benzene rings is 2. The van der Waals surface area contributed by atoms with Gasteiger partial charge in [-0.15, -0.1) is 0 Å². The fourth-order valence-corrected chi connectivity index (χ4v) is 1.58. The molecule has 0 atom stereocenters. The van der Waals surface area contributed by atoms with E-state index in [1.54, 1.807) is 42.5 Å². The highest BCUT2D eigenvalue weighted by Crippen LogP contribution is 2.24. The Morgan fingerprint density at radius 1 is 1.11 bits per heavy atom. The molecule has 2 aromatic rings. The van der Waals surface area contributed by atoms with E-state index in [1.165, 1.54) is 0 Å². The van der Waals surface area contributed by atoms with E-state index in [-0.39, 0.29) is 5.75 Å². The molecular formula is C14H9NO3. The van der Waals surface area contributed by atoms with Gasteiger partial charge >= 0.3 is 6.16 Å². The van der Waals surface area contributed by atoms with Crippen LogP contribution in [-0.4, -0.2) is 11.3 Å². The van der Waals surface area contributed by atoms with Gasteiger partial charge in [0.2, 0.25) is 0 Å². The van der Waals surface area contributed by atoms with Gasteiger partial charge in [-0.3, -0.25) is 0 Å². The molecule has 0 spiro atoms.